The second-order valence-corrected chi connectivity index (χ2v) is 4.78. The monoisotopic (exact) mass is 259 g/mol. The summed E-state index contributed by atoms with van der Waals surface area (Å²) in [5.74, 6) is 1.15. The lowest BCUT2D eigenvalue weighted by atomic mass is 10.2. The number of thioether (sulfide) groups is 1. The van der Waals surface area contributed by atoms with E-state index in [1.807, 2.05) is 11.8 Å². The summed E-state index contributed by atoms with van der Waals surface area (Å²) < 4.78 is 1.14. The molecule has 0 saturated carbocycles. The maximum atomic E-state index is 3.45. The van der Waals surface area contributed by atoms with Crippen molar-refractivity contribution in [2.24, 2.45) is 0 Å². The van der Waals surface area contributed by atoms with Gasteiger partial charge in [-0.25, -0.2) is 0 Å². The number of anilines is 1. The van der Waals surface area contributed by atoms with Crippen molar-refractivity contribution >= 4 is 33.4 Å². The molecule has 0 saturated heterocycles. The van der Waals surface area contributed by atoms with Crippen molar-refractivity contribution in [3.05, 3.63) is 28.2 Å². The molecule has 0 bridgehead atoms. The SMILES string of the molecule is CSCCNc1ccc(Br)cc1C. The third-order valence-electron chi connectivity index (χ3n) is 1.81. The Morgan fingerprint density at radius 1 is 1.46 bits per heavy atom. The number of aryl methyl sites for hydroxylation is 1. The Kier molecular flexibility index (Phi) is 4.67. The minimum atomic E-state index is 1.03. The highest BCUT2D eigenvalue weighted by Gasteiger charge is 1.96. The molecular weight excluding hydrogens is 246 g/mol. The normalized spacial score (nSPS) is 10.1. The Labute approximate surface area is 92.4 Å². The van der Waals surface area contributed by atoms with Crippen molar-refractivity contribution in [1.82, 2.24) is 0 Å². The van der Waals surface area contributed by atoms with Gasteiger partial charge in [0, 0.05) is 22.5 Å². The van der Waals surface area contributed by atoms with Gasteiger partial charge in [-0.2, -0.15) is 11.8 Å². The first-order valence-electron chi connectivity index (χ1n) is 4.23. The van der Waals surface area contributed by atoms with Crippen LogP contribution in [0.4, 0.5) is 5.69 Å². The van der Waals surface area contributed by atoms with E-state index in [-0.39, 0.29) is 0 Å². The summed E-state index contributed by atoms with van der Waals surface area (Å²) in [5.41, 5.74) is 2.52. The molecule has 72 valence electrons. The van der Waals surface area contributed by atoms with E-state index < -0.39 is 0 Å². The molecule has 13 heavy (non-hydrogen) atoms. The Balaban J connectivity index is 2.56. The molecule has 1 aromatic carbocycles. The van der Waals surface area contributed by atoms with Crippen molar-refractivity contribution in [3.8, 4) is 0 Å². The maximum Gasteiger partial charge on any atom is 0.0370 e. The van der Waals surface area contributed by atoms with Crippen molar-refractivity contribution < 1.29 is 0 Å². The minimum Gasteiger partial charge on any atom is -0.384 e. The van der Waals surface area contributed by atoms with Gasteiger partial charge in [-0.05, 0) is 36.9 Å². The van der Waals surface area contributed by atoms with E-state index in [4.69, 9.17) is 0 Å². The largest absolute Gasteiger partial charge is 0.384 e. The minimum absolute atomic E-state index is 1.03. The molecule has 1 nitrogen and oxygen atoms in total. The lowest BCUT2D eigenvalue weighted by Gasteiger charge is -2.08. The van der Waals surface area contributed by atoms with Gasteiger partial charge in [0.15, 0.2) is 0 Å². The molecule has 0 amide bonds. The first kappa shape index (κ1) is 10.9. The predicted molar refractivity (Wildman–Crippen MR) is 65.8 cm³/mol. The molecule has 3 heteroatoms. The van der Waals surface area contributed by atoms with Crippen molar-refractivity contribution in [1.29, 1.82) is 0 Å². The summed E-state index contributed by atoms with van der Waals surface area (Å²) >= 11 is 5.30. The Bertz CT molecular complexity index is 276. The third-order valence-corrected chi connectivity index (χ3v) is 2.92. The molecule has 1 aromatic rings. The molecule has 0 spiro atoms. The summed E-state index contributed by atoms with van der Waals surface area (Å²) in [5, 5.41) is 3.40. The lowest BCUT2D eigenvalue weighted by Crippen LogP contribution is -2.04. The molecule has 0 heterocycles. The summed E-state index contributed by atoms with van der Waals surface area (Å²) in [6, 6.07) is 6.30. The fourth-order valence-corrected chi connectivity index (χ4v) is 1.89. The summed E-state index contributed by atoms with van der Waals surface area (Å²) in [6.07, 6.45) is 2.12. The van der Waals surface area contributed by atoms with Gasteiger partial charge in [0.05, 0.1) is 0 Å². The number of rotatable bonds is 4. The molecule has 0 aliphatic rings. The standard InChI is InChI=1S/C10H14BrNS/c1-8-7-9(11)3-4-10(8)12-5-6-13-2/h3-4,7,12H,5-6H2,1-2H3. The molecule has 0 aliphatic heterocycles. The van der Waals surface area contributed by atoms with E-state index in [0.29, 0.717) is 0 Å². The Hall–Kier alpha value is -0.150. The summed E-state index contributed by atoms with van der Waals surface area (Å²) in [7, 11) is 0. The van der Waals surface area contributed by atoms with E-state index >= 15 is 0 Å². The highest BCUT2D eigenvalue weighted by Crippen LogP contribution is 2.19. The smallest absolute Gasteiger partial charge is 0.0370 e. The first-order valence-corrected chi connectivity index (χ1v) is 6.41. The lowest BCUT2D eigenvalue weighted by molar-refractivity contribution is 1.21. The number of hydrogen-bond donors (Lipinski definition) is 1. The molecule has 0 unspecified atom stereocenters. The van der Waals surface area contributed by atoms with Crippen molar-refractivity contribution in [3.63, 3.8) is 0 Å². The molecule has 0 fully saturated rings. The second-order valence-electron chi connectivity index (χ2n) is 2.88. The zero-order chi connectivity index (χ0) is 9.68. The van der Waals surface area contributed by atoms with Crippen LogP contribution < -0.4 is 5.32 Å². The molecule has 0 aliphatic carbocycles. The molecule has 0 aromatic heterocycles. The van der Waals surface area contributed by atoms with Gasteiger partial charge in [-0.3, -0.25) is 0 Å². The zero-order valence-electron chi connectivity index (χ0n) is 7.93. The maximum absolute atomic E-state index is 3.45. The number of hydrogen-bond acceptors (Lipinski definition) is 2. The zero-order valence-corrected chi connectivity index (χ0v) is 10.3. The van der Waals surface area contributed by atoms with Crippen LogP contribution in [0.1, 0.15) is 5.56 Å². The van der Waals surface area contributed by atoms with Gasteiger partial charge in [-0.15, -0.1) is 0 Å². The van der Waals surface area contributed by atoms with E-state index in [1.165, 1.54) is 11.3 Å². The van der Waals surface area contributed by atoms with E-state index in [2.05, 4.69) is 52.6 Å². The molecule has 1 N–H and O–H groups in total. The van der Waals surface area contributed by atoms with Crippen LogP contribution in [0.15, 0.2) is 22.7 Å². The van der Waals surface area contributed by atoms with Crippen LogP contribution in [0.3, 0.4) is 0 Å². The van der Waals surface area contributed by atoms with Crippen LogP contribution in [0, 0.1) is 6.92 Å². The second kappa shape index (κ2) is 5.55. The van der Waals surface area contributed by atoms with Gasteiger partial charge < -0.3 is 5.32 Å². The van der Waals surface area contributed by atoms with E-state index in [9.17, 15) is 0 Å². The van der Waals surface area contributed by atoms with Crippen LogP contribution in [0.2, 0.25) is 0 Å². The van der Waals surface area contributed by atoms with Gasteiger partial charge in [0.25, 0.3) is 0 Å². The van der Waals surface area contributed by atoms with Gasteiger partial charge in [0.1, 0.15) is 0 Å². The quantitative estimate of drug-likeness (QED) is 0.831. The topological polar surface area (TPSA) is 12.0 Å². The molecular formula is C10H14BrNS. The van der Waals surface area contributed by atoms with E-state index in [0.717, 1.165) is 16.8 Å². The summed E-state index contributed by atoms with van der Waals surface area (Å²) in [4.78, 5) is 0. The van der Waals surface area contributed by atoms with Crippen LogP contribution >= 0.6 is 27.7 Å². The fraction of sp³-hybridized carbons (Fsp3) is 0.400. The molecule has 0 atom stereocenters. The Morgan fingerprint density at radius 2 is 2.23 bits per heavy atom. The van der Waals surface area contributed by atoms with Crippen LogP contribution in [0.25, 0.3) is 0 Å². The van der Waals surface area contributed by atoms with E-state index in [1.54, 1.807) is 0 Å². The van der Waals surface area contributed by atoms with Gasteiger partial charge in [0.2, 0.25) is 0 Å². The first-order chi connectivity index (χ1) is 6.24. The van der Waals surface area contributed by atoms with Crippen LogP contribution in [0.5, 0.6) is 0 Å². The van der Waals surface area contributed by atoms with Gasteiger partial charge in [-0.1, -0.05) is 15.9 Å². The average molecular weight is 260 g/mol. The number of benzene rings is 1. The average Bonchev–Trinajstić information content (AvgIpc) is 2.09. The number of halogens is 1. The number of nitrogens with one attached hydrogen (secondary N) is 1. The molecule has 1 rings (SSSR count). The Morgan fingerprint density at radius 3 is 2.85 bits per heavy atom. The highest BCUT2D eigenvalue weighted by molar-refractivity contribution is 9.10. The van der Waals surface area contributed by atoms with Crippen molar-refractivity contribution in [2.45, 2.75) is 6.92 Å². The molecule has 0 radical (unpaired) electrons. The fourth-order valence-electron chi connectivity index (χ4n) is 1.11. The van der Waals surface area contributed by atoms with Crippen molar-refractivity contribution in [2.75, 3.05) is 23.9 Å². The predicted octanol–water partition coefficient (Wildman–Crippen LogP) is 3.53. The highest BCUT2D eigenvalue weighted by atomic mass is 79.9. The van der Waals surface area contributed by atoms with Gasteiger partial charge >= 0.3 is 0 Å². The third kappa shape index (κ3) is 3.61. The van der Waals surface area contributed by atoms with Crippen LogP contribution in [-0.2, 0) is 0 Å². The summed E-state index contributed by atoms with van der Waals surface area (Å²) in [6.45, 7) is 3.15. The van der Waals surface area contributed by atoms with Crippen LogP contribution in [-0.4, -0.2) is 18.6 Å².